The van der Waals surface area contributed by atoms with Crippen LogP contribution in [0, 0.1) is 23.4 Å². The number of carboxylic acids is 2. The molecule has 17 N–H and O–H groups in total. The Hall–Kier alpha value is -13.5. The number of nitrogens with one attached hydrogen (secondary N) is 10. The summed E-state index contributed by atoms with van der Waals surface area (Å²) in [4.78, 5) is 257. The third-order valence-corrected chi connectivity index (χ3v) is 24.4. The van der Waals surface area contributed by atoms with Crippen molar-refractivity contribution in [3.05, 3.63) is 173 Å². The maximum Gasteiger partial charge on any atom is 0.305 e. The number of hydrogen-bond acceptors (Lipinski definition) is 21. The van der Waals surface area contributed by atoms with Gasteiger partial charge in [0.25, 0.3) is 0 Å². The molecule has 133 heavy (non-hydrogen) atoms. The third kappa shape index (κ3) is 28.5. The predicted molar refractivity (Wildman–Crippen MR) is 475 cm³/mol. The summed E-state index contributed by atoms with van der Waals surface area (Å²) in [5.74, 6) is -27.0. The van der Waals surface area contributed by atoms with E-state index in [1.165, 1.54) is 52.2 Å². The standard InChI is InChI=1S/C91H113F3N16O22S/c1-7-8-24-69-90(131)110-46-56(113)42-71(110)86(127)103-65(43-76(118)119)83(124)105-78(49(2)3)91(132)107(5)70(39-50-18-11-9-12-19-50)85(126)100-62(30-31-75(116)117)88(129)109-33-17-25-68(109)84(125)102-64(41-54-44-96-60-23-16-15-22-57(54)60)82(123)101-63(37-52-26-28-55(112)29-27-52)81(122)99-61(32-34-111)80(121)104-67(79(120)97-45-73(95)114)47-133-48-74(115)98-66(38-53-35-58(92)77(94)59(93)36-53)87(128)108(6)72(89(130)106(69)4)40-51-20-13-10-14-21-51/h9-16,18-23,26-29,35-36,44,49,56,61-72,78,96,111-113H,7-8,17,24-25,30-34,37-43,45-48H2,1-6H3,(H2,95,114)(H,97,120)(H,98,115)(H,99,122)(H,100,126)(H,101,123)(H,102,125)(H,103,127)(H,104,121)(H,105,124)(H,116,117)(H,118,119)/t56-,61+,62+,63+,64+,65+,66+,67+,68-,69+,70+,71-,72+,78+/m1/s1. The molecule has 15 amide bonds. The molecule has 3 aliphatic rings. The first-order valence-electron chi connectivity index (χ1n) is 43.5. The molecular formula is C91H113F3N16O22S. The molecule has 14 atom stereocenters. The Balaban J connectivity index is 1.13. The minimum absolute atomic E-state index is 0.0820. The van der Waals surface area contributed by atoms with Crippen LogP contribution in [0.15, 0.2) is 128 Å². The second-order valence-electron chi connectivity index (χ2n) is 33.5. The molecule has 6 aromatic rings. The number of carbonyl (C=O) groups is 17. The van der Waals surface area contributed by atoms with E-state index < -0.39 is 290 Å². The number of carbonyl (C=O) groups excluding carboxylic acids is 15. The molecule has 3 fully saturated rings. The largest absolute Gasteiger partial charge is 0.508 e. The number of rotatable bonds is 24. The molecule has 4 heterocycles. The van der Waals surface area contributed by atoms with Crippen molar-refractivity contribution >= 4 is 123 Å². The Kier molecular flexibility index (Phi) is 37.7. The number of H-pyrrole nitrogens is 1. The van der Waals surface area contributed by atoms with Gasteiger partial charge in [-0.05, 0) is 96.2 Å². The minimum Gasteiger partial charge on any atom is -0.508 e. The van der Waals surface area contributed by atoms with Crippen LogP contribution < -0.4 is 53.6 Å². The summed E-state index contributed by atoms with van der Waals surface area (Å²) >= 11 is 0.602. The maximum atomic E-state index is 15.7. The van der Waals surface area contributed by atoms with Crippen LogP contribution in [-0.2, 0) is 114 Å². The lowest BCUT2D eigenvalue weighted by atomic mass is 9.98. The van der Waals surface area contributed by atoms with E-state index in [1.807, 2.05) is 0 Å². The van der Waals surface area contributed by atoms with Gasteiger partial charge in [-0.3, -0.25) is 81.5 Å². The molecule has 9 rings (SSSR count). The number of phenolic OH excluding ortho intramolecular Hbond substituents is 1. The van der Waals surface area contributed by atoms with E-state index in [-0.39, 0.29) is 62.8 Å². The lowest BCUT2D eigenvalue weighted by Gasteiger charge is -2.38. The van der Waals surface area contributed by atoms with Crippen LogP contribution in [0.25, 0.3) is 10.9 Å². The summed E-state index contributed by atoms with van der Waals surface area (Å²) in [5.41, 5.74) is 7.15. The van der Waals surface area contributed by atoms with Crippen molar-refractivity contribution in [3.63, 3.8) is 0 Å². The zero-order valence-electron chi connectivity index (χ0n) is 74.2. The number of para-hydroxylation sites is 1. The number of aromatic amines is 1. The summed E-state index contributed by atoms with van der Waals surface area (Å²) in [7, 11) is 3.55. The first-order chi connectivity index (χ1) is 63.2. The van der Waals surface area contributed by atoms with Crippen LogP contribution in [0.2, 0.25) is 0 Å². The van der Waals surface area contributed by atoms with Gasteiger partial charge in [0.2, 0.25) is 88.6 Å². The molecule has 3 aliphatic heterocycles. The van der Waals surface area contributed by atoms with Crippen LogP contribution in [0.4, 0.5) is 13.2 Å². The number of thioether (sulfide) groups is 1. The van der Waals surface area contributed by atoms with Gasteiger partial charge >= 0.3 is 11.9 Å². The molecule has 0 unspecified atom stereocenters. The zero-order valence-corrected chi connectivity index (χ0v) is 75.0. The second kappa shape index (κ2) is 48.6. The topological polar surface area (TPSA) is 558 Å². The normalized spacial score (nSPS) is 24.1. The van der Waals surface area contributed by atoms with Gasteiger partial charge in [-0.15, -0.1) is 11.8 Å². The van der Waals surface area contributed by atoms with E-state index in [2.05, 4.69) is 52.8 Å². The number of nitrogens with two attached hydrogens (primary N) is 1. The van der Waals surface area contributed by atoms with E-state index in [4.69, 9.17) is 5.73 Å². The van der Waals surface area contributed by atoms with Gasteiger partial charge in [0.15, 0.2) is 17.5 Å². The van der Waals surface area contributed by atoms with Gasteiger partial charge in [0.1, 0.15) is 84.3 Å². The summed E-state index contributed by atoms with van der Waals surface area (Å²) in [6.45, 7) is 2.32. The summed E-state index contributed by atoms with van der Waals surface area (Å²) in [6, 6.07) is 6.96. The molecule has 0 aliphatic carbocycles. The van der Waals surface area contributed by atoms with Crippen LogP contribution in [0.1, 0.15) is 113 Å². The fourth-order valence-corrected chi connectivity index (χ4v) is 17.0. The minimum atomic E-state index is -2.06. The number of aliphatic hydroxyl groups excluding tert-OH is 2. The van der Waals surface area contributed by atoms with E-state index in [9.17, 15) is 68.3 Å². The molecular weight excluding hydrogens is 1760 g/mol. The molecule has 5 aromatic carbocycles. The first-order valence-corrected chi connectivity index (χ1v) is 44.6. The molecule has 38 nitrogen and oxygen atoms in total. The lowest BCUT2D eigenvalue weighted by molar-refractivity contribution is -0.152. The highest BCUT2D eigenvalue weighted by atomic mass is 32.2. The Morgan fingerprint density at radius 2 is 1.09 bits per heavy atom. The van der Waals surface area contributed by atoms with Gasteiger partial charge in [-0.25, -0.2) is 13.2 Å². The van der Waals surface area contributed by atoms with Crippen molar-refractivity contribution < 1.29 is 120 Å². The SMILES string of the molecule is CCCC[C@H]1C(=O)N2C[C@H](O)C[C@@H]2C(=O)N[C@@H](CC(=O)O)C(=O)N[C@@H](C(C)C)C(=O)N(C)[C@@H](Cc2ccccc2)C(=O)N[C@@H](CCC(=O)O)C(=O)N2CCC[C@@H]2C(=O)N[C@@H](Cc2c[nH]c3ccccc23)C(=O)N[C@@H](Cc2ccc(O)cc2)C(=O)N[C@@H](CCO)C(=O)N[C@H](C(=O)NCC(N)=O)CSCC(=O)N[C@@H](Cc2cc(F)c(F)c(F)c2)C(=O)N(C)[C@@H](Cc2ccccc2)C(=O)N1C. The Bertz CT molecular complexity index is 5190. The van der Waals surface area contributed by atoms with Crippen molar-refractivity contribution in [1.29, 1.82) is 0 Å². The van der Waals surface area contributed by atoms with E-state index in [0.717, 1.165) is 31.5 Å². The number of aliphatic hydroxyl groups is 2. The van der Waals surface area contributed by atoms with Gasteiger partial charge in [0.05, 0.1) is 24.8 Å². The smallest absolute Gasteiger partial charge is 0.305 e. The summed E-state index contributed by atoms with van der Waals surface area (Å²) in [6.07, 6.45) is -5.31. The number of aromatic nitrogens is 1. The highest BCUT2D eigenvalue weighted by Gasteiger charge is 2.48. The van der Waals surface area contributed by atoms with Crippen molar-refractivity contribution in [2.75, 3.05) is 58.9 Å². The number of benzene rings is 5. The monoisotopic (exact) mass is 1870 g/mol. The van der Waals surface area contributed by atoms with Crippen molar-refractivity contribution in [2.45, 2.75) is 202 Å². The highest BCUT2D eigenvalue weighted by molar-refractivity contribution is 8.00. The molecule has 0 radical (unpaired) electrons. The number of aliphatic carboxylic acids is 2. The fourth-order valence-electron chi connectivity index (χ4n) is 16.2. The third-order valence-electron chi connectivity index (χ3n) is 23.4. The van der Waals surface area contributed by atoms with Crippen LogP contribution in [0.5, 0.6) is 5.75 Å². The number of fused-ring (bicyclic) bond motifs is 3. The average Bonchev–Trinajstić information content (AvgIpc) is 1.76. The van der Waals surface area contributed by atoms with Gasteiger partial charge < -0.3 is 109 Å². The highest BCUT2D eigenvalue weighted by Crippen LogP contribution is 2.29. The molecule has 0 spiro atoms. The molecule has 3 saturated heterocycles. The van der Waals surface area contributed by atoms with Crippen LogP contribution in [-0.4, -0.2) is 299 Å². The number of likely N-dealkylation sites (N-methyl/N-ethyl adjacent to an activating group) is 3. The first kappa shape index (κ1) is 103. The molecule has 1 aromatic heterocycles. The number of hydrogen-bond donors (Lipinski definition) is 16. The van der Waals surface area contributed by atoms with Gasteiger partial charge in [-0.1, -0.05) is 125 Å². The Labute approximate surface area is 767 Å². The molecule has 0 saturated carbocycles. The Morgan fingerprint density at radius 1 is 0.541 bits per heavy atom. The summed E-state index contributed by atoms with van der Waals surface area (Å²) in [5, 5.41) is 76.0. The number of phenols is 1. The number of nitrogens with zero attached hydrogens (tertiary/aromatic N) is 5. The number of carboxylic acid groups (broad SMARTS) is 2. The van der Waals surface area contributed by atoms with Crippen LogP contribution >= 0.6 is 11.8 Å². The number of halogens is 3. The van der Waals surface area contributed by atoms with E-state index >= 15 is 51.9 Å². The number of amides is 15. The van der Waals surface area contributed by atoms with Gasteiger partial charge in [-0.2, -0.15) is 0 Å². The maximum absolute atomic E-state index is 15.7. The van der Waals surface area contributed by atoms with E-state index in [1.54, 1.807) is 98.0 Å². The predicted octanol–water partition coefficient (Wildman–Crippen LogP) is 0.0327. The van der Waals surface area contributed by atoms with Crippen molar-refractivity contribution in [2.24, 2.45) is 11.7 Å². The van der Waals surface area contributed by atoms with Gasteiger partial charge in [0, 0.05) is 109 Å². The summed E-state index contributed by atoms with van der Waals surface area (Å²) < 4.78 is 45.0. The zero-order chi connectivity index (χ0) is 97.2. The Morgan fingerprint density at radius 3 is 1.71 bits per heavy atom. The number of aromatic hydroxyl groups is 1. The quantitative estimate of drug-likeness (QED) is 0.0356. The number of primary amides is 1. The average molecular weight is 1870 g/mol. The molecule has 716 valence electrons. The van der Waals surface area contributed by atoms with E-state index in [0.29, 0.717) is 57.9 Å². The molecule has 42 heteroatoms. The van der Waals surface area contributed by atoms with Crippen LogP contribution in [0.3, 0.4) is 0 Å². The number of unbranched alkanes of at least 4 members (excludes halogenated alkanes) is 1. The lowest BCUT2D eigenvalue weighted by Crippen LogP contribution is -2.62. The fraction of sp³-hybridized carbons (Fsp3) is 0.462. The van der Waals surface area contributed by atoms with Crippen molar-refractivity contribution in [1.82, 2.24) is 77.3 Å². The molecule has 0 bridgehead atoms. The van der Waals surface area contributed by atoms with Crippen molar-refractivity contribution in [3.8, 4) is 5.75 Å². The second-order valence-corrected chi connectivity index (χ2v) is 34.5.